The molecule has 0 aliphatic rings. The van der Waals surface area contributed by atoms with E-state index in [4.69, 9.17) is 5.26 Å². The molecule has 0 aliphatic heterocycles. The van der Waals surface area contributed by atoms with E-state index in [2.05, 4.69) is 9.82 Å². The van der Waals surface area contributed by atoms with Crippen molar-refractivity contribution in [1.82, 2.24) is 14.5 Å². The van der Waals surface area contributed by atoms with Gasteiger partial charge < -0.3 is 0 Å². The normalized spacial score (nSPS) is 12.8. The molecule has 7 heteroatoms. The quantitative estimate of drug-likeness (QED) is 0.905. The Kier molecular flexibility index (Phi) is 4.40. The van der Waals surface area contributed by atoms with E-state index in [1.807, 2.05) is 6.07 Å². The fourth-order valence-electron chi connectivity index (χ4n) is 1.99. The summed E-state index contributed by atoms with van der Waals surface area (Å²) in [6, 6.07) is 7.96. The molecule has 0 radical (unpaired) electrons. The molecule has 1 N–H and O–H groups in total. The van der Waals surface area contributed by atoms with Crippen LogP contribution in [0.2, 0.25) is 0 Å². The predicted octanol–water partition coefficient (Wildman–Crippen LogP) is 1.43. The van der Waals surface area contributed by atoms with Crippen LogP contribution in [-0.2, 0) is 16.6 Å². The second-order valence-corrected chi connectivity index (χ2v) is 6.55. The first-order valence-corrected chi connectivity index (χ1v) is 7.91. The summed E-state index contributed by atoms with van der Waals surface area (Å²) in [5, 5.41) is 12.9. The molecule has 1 atom stereocenters. The molecule has 0 amide bonds. The highest BCUT2D eigenvalue weighted by molar-refractivity contribution is 7.89. The molecular weight excluding hydrogens is 288 g/mol. The van der Waals surface area contributed by atoms with Gasteiger partial charge in [-0.3, -0.25) is 4.68 Å². The molecule has 2 aromatic rings. The highest BCUT2D eigenvalue weighted by Gasteiger charge is 2.18. The number of nitrogens with zero attached hydrogens (tertiary/aromatic N) is 3. The molecule has 110 valence electrons. The zero-order chi connectivity index (χ0) is 15.5. The van der Waals surface area contributed by atoms with E-state index in [1.165, 1.54) is 18.2 Å². The average molecular weight is 304 g/mol. The number of hydrogen-bond acceptors (Lipinski definition) is 4. The molecule has 0 bridgehead atoms. The maximum atomic E-state index is 12.3. The molecule has 2 rings (SSSR count). The standard InChI is InChI=1S/C14H16N4O2S/c1-11-8-14(5-4-13(11)9-15)21(19,20)17-12(2)10-18-7-3-6-16-18/h3-8,12,17H,10H2,1-2H3. The van der Waals surface area contributed by atoms with Gasteiger partial charge in [0.1, 0.15) is 0 Å². The molecule has 21 heavy (non-hydrogen) atoms. The number of nitrogens with one attached hydrogen (secondary N) is 1. The van der Waals surface area contributed by atoms with Crippen LogP contribution in [0, 0.1) is 18.3 Å². The minimum Gasteiger partial charge on any atom is -0.271 e. The zero-order valence-electron chi connectivity index (χ0n) is 11.8. The summed E-state index contributed by atoms with van der Waals surface area (Å²) in [5.41, 5.74) is 1.11. The maximum absolute atomic E-state index is 12.3. The number of hydrogen-bond donors (Lipinski definition) is 1. The number of aryl methyl sites for hydroxylation is 1. The van der Waals surface area contributed by atoms with Crippen LogP contribution in [0.5, 0.6) is 0 Å². The van der Waals surface area contributed by atoms with Crippen molar-refractivity contribution in [3.63, 3.8) is 0 Å². The van der Waals surface area contributed by atoms with Crippen LogP contribution in [0.25, 0.3) is 0 Å². The van der Waals surface area contributed by atoms with Gasteiger partial charge in [0.05, 0.1) is 23.1 Å². The molecule has 6 nitrogen and oxygen atoms in total. The topological polar surface area (TPSA) is 87.8 Å². The second-order valence-electron chi connectivity index (χ2n) is 4.84. The third-order valence-corrected chi connectivity index (χ3v) is 4.59. The van der Waals surface area contributed by atoms with Crippen LogP contribution in [0.15, 0.2) is 41.6 Å². The van der Waals surface area contributed by atoms with E-state index >= 15 is 0 Å². The summed E-state index contributed by atoms with van der Waals surface area (Å²) in [7, 11) is -3.61. The van der Waals surface area contributed by atoms with Gasteiger partial charge in [-0.1, -0.05) is 0 Å². The Morgan fingerprint density at radius 1 is 1.48 bits per heavy atom. The Morgan fingerprint density at radius 2 is 2.24 bits per heavy atom. The number of nitriles is 1. The van der Waals surface area contributed by atoms with Crippen LogP contribution in [-0.4, -0.2) is 24.2 Å². The van der Waals surface area contributed by atoms with Gasteiger partial charge in [-0.25, -0.2) is 13.1 Å². The first kappa shape index (κ1) is 15.2. The van der Waals surface area contributed by atoms with Gasteiger partial charge in [-0.2, -0.15) is 10.4 Å². The third-order valence-electron chi connectivity index (χ3n) is 3.01. The molecule has 1 unspecified atom stereocenters. The molecule has 0 aliphatic carbocycles. The van der Waals surface area contributed by atoms with Crippen molar-refractivity contribution < 1.29 is 8.42 Å². The lowest BCUT2D eigenvalue weighted by Gasteiger charge is -2.14. The third kappa shape index (κ3) is 3.68. The minimum absolute atomic E-state index is 0.159. The highest BCUT2D eigenvalue weighted by Crippen LogP contribution is 2.15. The van der Waals surface area contributed by atoms with E-state index < -0.39 is 10.0 Å². The van der Waals surface area contributed by atoms with Crippen LogP contribution in [0.3, 0.4) is 0 Å². The van der Waals surface area contributed by atoms with Crippen molar-refractivity contribution in [2.45, 2.75) is 31.3 Å². The first-order chi connectivity index (χ1) is 9.92. The minimum atomic E-state index is -3.61. The summed E-state index contributed by atoms with van der Waals surface area (Å²) in [4.78, 5) is 0.159. The van der Waals surface area contributed by atoms with Gasteiger partial charge in [0.25, 0.3) is 0 Å². The molecule has 0 fully saturated rings. The lowest BCUT2D eigenvalue weighted by Crippen LogP contribution is -2.35. The summed E-state index contributed by atoms with van der Waals surface area (Å²) < 4.78 is 28.9. The van der Waals surface area contributed by atoms with E-state index in [9.17, 15) is 8.42 Å². The lowest BCUT2D eigenvalue weighted by atomic mass is 10.1. The lowest BCUT2D eigenvalue weighted by molar-refractivity contribution is 0.494. The van der Waals surface area contributed by atoms with Crippen molar-refractivity contribution in [3.05, 3.63) is 47.8 Å². The maximum Gasteiger partial charge on any atom is 0.240 e. The van der Waals surface area contributed by atoms with Crippen molar-refractivity contribution in [3.8, 4) is 6.07 Å². The van der Waals surface area contributed by atoms with Crippen molar-refractivity contribution in [1.29, 1.82) is 5.26 Å². The molecule has 0 saturated heterocycles. The van der Waals surface area contributed by atoms with Gasteiger partial charge in [-0.15, -0.1) is 0 Å². The predicted molar refractivity (Wildman–Crippen MR) is 77.9 cm³/mol. The van der Waals surface area contributed by atoms with E-state index in [0.717, 1.165) is 0 Å². The SMILES string of the molecule is Cc1cc(S(=O)(=O)NC(C)Cn2cccn2)ccc1C#N. The van der Waals surface area contributed by atoms with Crippen LogP contribution in [0.1, 0.15) is 18.1 Å². The fourth-order valence-corrected chi connectivity index (χ4v) is 3.31. The van der Waals surface area contributed by atoms with Crippen molar-refractivity contribution in [2.24, 2.45) is 0 Å². The zero-order valence-corrected chi connectivity index (χ0v) is 12.6. The second kappa shape index (κ2) is 6.08. The molecule has 0 spiro atoms. The summed E-state index contributed by atoms with van der Waals surface area (Å²) >= 11 is 0. The van der Waals surface area contributed by atoms with Gasteiger partial charge >= 0.3 is 0 Å². The Hall–Kier alpha value is -2.17. The van der Waals surface area contributed by atoms with Crippen LogP contribution < -0.4 is 4.72 Å². The Balaban J connectivity index is 2.15. The van der Waals surface area contributed by atoms with Gasteiger partial charge in [0.15, 0.2) is 0 Å². The number of aromatic nitrogens is 2. The van der Waals surface area contributed by atoms with Crippen molar-refractivity contribution in [2.75, 3.05) is 0 Å². The van der Waals surface area contributed by atoms with E-state index in [0.29, 0.717) is 17.7 Å². The highest BCUT2D eigenvalue weighted by atomic mass is 32.2. The monoisotopic (exact) mass is 304 g/mol. The largest absolute Gasteiger partial charge is 0.271 e. The summed E-state index contributed by atoms with van der Waals surface area (Å²) in [5.74, 6) is 0. The van der Waals surface area contributed by atoms with Gasteiger partial charge in [0, 0.05) is 18.4 Å². The molecule has 1 heterocycles. The number of benzene rings is 1. The van der Waals surface area contributed by atoms with Gasteiger partial charge in [0.2, 0.25) is 10.0 Å². The average Bonchev–Trinajstić information content (AvgIpc) is 2.90. The van der Waals surface area contributed by atoms with E-state index in [1.54, 1.807) is 37.0 Å². The summed E-state index contributed by atoms with van der Waals surface area (Å²) in [6.07, 6.45) is 3.42. The smallest absolute Gasteiger partial charge is 0.240 e. The van der Waals surface area contributed by atoms with Gasteiger partial charge in [-0.05, 0) is 43.7 Å². The number of sulfonamides is 1. The van der Waals surface area contributed by atoms with Crippen LogP contribution >= 0.6 is 0 Å². The molecule has 1 aromatic carbocycles. The Labute approximate surface area is 124 Å². The Morgan fingerprint density at radius 3 is 2.81 bits per heavy atom. The molecule has 0 saturated carbocycles. The number of rotatable bonds is 5. The molecule has 1 aromatic heterocycles. The Bertz CT molecular complexity index is 761. The summed E-state index contributed by atoms with van der Waals surface area (Å²) in [6.45, 7) is 3.93. The fraction of sp³-hybridized carbons (Fsp3) is 0.286. The molecular formula is C14H16N4O2S. The van der Waals surface area contributed by atoms with E-state index in [-0.39, 0.29) is 10.9 Å². The first-order valence-electron chi connectivity index (χ1n) is 6.43. The van der Waals surface area contributed by atoms with Crippen LogP contribution in [0.4, 0.5) is 0 Å². The van der Waals surface area contributed by atoms with Crippen molar-refractivity contribution >= 4 is 10.0 Å².